The van der Waals surface area contributed by atoms with Crippen molar-refractivity contribution in [1.82, 2.24) is 10.2 Å². The Morgan fingerprint density at radius 1 is 0.886 bits per heavy atom. The molecule has 0 aliphatic carbocycles. The minimum absolute atomic E-state index is 0.0271. The molecule has 1 aliphatic heterocycles. The average Bonchev–Trinajstić information content (AvgIpc) is 2.89. The Hall–Kier alpha value is -3.64. The van der Waals surface area contributed by atoms with Crippen LogP contribution in [0.5, 0.6) is 0 Å². The fourth-order valence-corrected chi connectivity index (χ4v) is 4.55. The topological polar surface area (TPSA) is 87.5 Å². The zero-order valence-corrected chi connectivity index (χ0v) is 20.1. The molecule has 3 aromatic rings. The van der Waals surface area contributed by atoms with E-state index in [1.807, 2.05) is 36.4 Å². The normalized spacial score (nSPS) is 14.4. The Morgan fingerprint density at radius 3 is 2.34 bits per heavy atom. The van der Waals surface area contributed by atoms with Gasteiger partial charge in [-0.15, -0.1) is 0 Å². The largest absolute Gasteiger partial charge is 0.397 e. The van der Waals surface area contributed by atoms with Crippen molar-refractivity contribution in [3.8, 4) is 0 Å². The van der Waals surface area contributed by atoms with Crippen LogP contribution in [0.2, 0.25) is 0 Å². The highest BCUT2D eigenvalue weighted by Crippen LogP contribution is 2.20. The van der Waals surface area contributed by atoms with Gasteiger partial charge < -0.3 is 16.4 Å². The lowest BCUT2D eigenvalue weighted by molar-refractivity contribution is -0.121. The van der Waals surface area contributed by atoms with E-state index in [1.165, 1.54) is 5.56 Å². The number of nitrogen functional groups attached to an aromatic ring is 1. The molecule has 0 radical (unpaired) electrons. The van der Waals surface area contributed by atoms with Crippen molar-refractivity contribution >= 4 is 23.2 Å². The second-order valence-electron chi connectivity index (χ2n) is 9.21. The highest BCUT2D eigenvalue weighted by atomic mass is 16.2. The van der Waals surface area contributed by atoms with Gasteiger partial charge >= 0.3 is 0 Å². The molecule has 1 heterocycles. The average molecular weight is 471 g/mol. The minimum atomic E-state index is -0.221. The molecule has 0 unspecified atom stereocenters. The van der Waals surface area contributed by atoms with Gasteiger partial charge in [-0.3, -0.25) is 14.5 Å². The first kappa shape index (κ1) is 24.5. The zero-order chi connectivity index (χ0) is 24.5. The maximum Gasteiger partial charge on any atom is 0.255 e. The monoisotopic (exact) mass is 470 g/mol. The number of nitrogens with one attached hydrogen (secondary N) is 2. The molecular weight excluding hydrogens is 436 g/mol. The molecule has 0 aromatic heterocycles. The highest BCUT2D eigenvalue weighted by molar-refractivity contribution is 6.06. The Morgan fingerprint density at radius 2 is 1.57 bits per heavy atom. The number of para-hydroxylation sites is 2. The summed E-state index contributed by atoms with van der Waals surface area (Å²) in [6.07, 6.45) is 3.05. The standard InChI is InChI=1S/C29H34N4O2/c30-26-12-6-7-13-27(26)32-29(35)25-11-5-4-10-24(25)14-15-28(34)31-20-22-16-18-33(19-17-22)21-23-8-2-1-3-9-23/h1-13,22H,14-21,30H2,(H,31,34)(H,32,35). The second kappa shape index (κ2) is 12.2. The van der Waals surface area contributed by atoms with Gasteiger partial charge in [0.1, 0.15) is 0 Å². The summed E-state index contributed by atoms with van der Waals surface area (Å²) in [6.45, 7) is 3.82. The Bertz CT molecular complexity index is 1120. The van der Waals surface area contributed by atoms with Crippen LogP contribution in [0.15, 0.2) is 78.9 Å². The Labute approximate surface area is 207 Å². The molecule has 4 rings (SSSR count). The summed E-state index contributed by atoms with van der Waals surface area (Å²) in [6, 6.07) is 25.1. The molecule has 182 valence electrons. The first-order chi connectivity index (χ1) is 17.1. The van der Waals surface area contributed by atoms with Gasteiger partial charge in [0.25, 0.3) is 5.91 Å². The summed E-state index contributed by atoms with van der Waals surface area (Å²) in [5, 5.41) is 5.98. The van der Waals surface area contributed by atoms with Gasteiger partial charge in [0, 0.05) is 25.1 Å². The number of likely N-dealkylation sites (tertiary alicyclic amines) is 1. The molecule has 6 heteroatoms. The molecule has 4 N–H and O–H groups in total. The summed E-state index contributed by atoms with van der Waals surface area (Å²) in [5.41, 5.74) is 9.81. The maximum atomic E-state index is 12.8. The highest BCUT2D eigenvalue weighted by Gasteiger charge is 2.20. The second-order valence-corrected chi connectivity index (χ2v) is 9.21. The van der Waals surface area contributed by atoms with E-state index >= 15 is 0 Å². The fourth-order valence-electron chi connectivity index (χ4n) is 4.55. The number of carbonyl (C=O) groups is 2. The number of carbonyl (C=O) groups excluding carboxylic acids is 2. The molecule has 2 amide bonds. The van der Waals surface area contributed by atoms with E-state index < -0.39 is 0 Å². The Kier molecular flexibility index (Phi) is 8.52. The van der Waals surface area contributed by atoms with E-state index in [9.17, 15) is 9.59 Å². The number of anilines is 2. The number of amides is 2. The minimum Gasteiger partial charge on any atom is -0.397 e. The predicted octanol–water partition coefficient (Wildman–Crippen LogP) is 4.48. The molecule has 0 spiro atoms. The molecule has 0 saturated carbocycles. The van der Waals surface area contributed by atoms with Crippen molar-refractivity contribution in [1.29, 1.82) is 0 Å². The van der Waals surface area contributed by atoms with E-state index in [2.05, 4.69) is 39.8 Å². The van der Waals surface area contributed by atoms with Gasteiger partial charge in [0.2, 0.25) is 5.91 Å². The summed E-state index contributed by atoms with van der Waals surface area (Å²) in [7, 11) is 0. The van der Waals surface area contributed by atoms with Crippen molar-refractivity contribution in [2.75, 3.05) is 30.7 Å². The number of piperidine rings is 1. The third-order valence-corrected chi connectivity index (χ3v) is 6.64. The van der Waals surface area contributed by atoms with Crippen LogP contribution >= 0.6 is 0 Å². The summed E-state index contributed by atoms with van der Waals surface area (Å²) < 4.78 is 0. The van der Waals surface area contributed by atoms with E-state index in [-0.39, 0.29) is 11.8 Å². The number of hydrogen-bond acceptors (Lipinski definition) is 4. The third kappa shape index (κ3) is 7.17. The predicted molar refractivity (Wildman–Crippen MR) is 141 cm³/mol. The van der Waals surface area contributed by atoms with Crippen LogP contribution in [-0.2, 0) is 17.8 Å². The van der Waals surface area contributed by atoms with Crippen LogP contribution in [0, 0.1) is 5.92 Å². The number of rotatable bonds is 9. The molecule has 1 saturated heterocycles. The SMILES string of the molecule is Nc1ccccc1NC(=O)c1ccccc1CCC(=O)NCC1CCN(Cc2ccccc2)CC1. The van der Waals surface area contributed by atoms with Gasteiger partial charge in [-0.25, -0.2) is 0 Å². The molecular formula is C29H34N4O2. The quantitative estimate of drug-likeness (QED) is 0.402. The van der Waals surface area contributed by atoms with Crippen molar-refractivity contribution in [3.05, 3.63) is 95.6 Å². The Balaban J connectivity index is 1.21. The van der Waals surface area contributed by atoms with Crippen molar-refractivity contribution in [2.45, 2.75) is 32.2 Å². The maximum absolute atomic E-state index is 12.8. The van der Waals surface area contributed by atoms with E-state index in [0.29, 0.717) is 42.2 Å². The third-order valence-electron chi connectivity index (χ3n) is 6.64. The van der Waals surface area contributed by atoms with Crippen LogP contribution in [0.25, 0.3) is 0 Å². The van der Waals surface area contributed by atoms with Crippen LogP contribution in [0.1, 0.15) is 40.7 Å². The smallest absolute Gasteiger partial charge is 0.255 e. The fraction of sp³-hybridized carbons (Fsp3) is 0.310. The molecule has 3 aromatic carbocycles. The van der Waals surface area contributed by atoms with Gasteiger partial charge in [0.15, 0.2) is 0 Å². The van der Waals surface area contributed by atoms with Gasteiger partial charge in [-0.2, -0.15) is 0 Å². The lowest BCUT2D eigenvalue weighted by Gasteiger charge is -2.32. The number of hydrogen-bond donors (Lipinski definition) is 3. The lowest BCUT2D eigenvalue weighted by Crippen LogP contribution is -2.38. The van der Waals surface area contributed by atoms with Gasteiger partial charge in [-0.05, 0) is 67.6 Å². The van der Waals surface area contributed by atoms with Crippen LogP contribution in [-0.4, -0.2) is 36.3 Å². The molecule has 35 heavy (non-hydrogen) atoms. The number of benzene rings is 3. The first-order valence-electron chi connectivity index (χ1n) is 12.3. The molecule has 0 atom stereocenters. The summed E-state index contributed by atoms with van der Waals surface area (Å²) in [5.74, 6) is 0.320. The van der Waals surface area contributed by atoms with E-state index in [1.54, 1.807) is 18.2 Å². The van der Waals surface area contributed by atoms with Crippen LogP contribution < -0.4 is 16.4 Å². The molecule has 0 bridgehead atoms. The number of nitrogens with two attached hydrogens (primary N) is 1. The molecule has 1 aliphatic rings. The first-order valence-corrected chi connectivity index (χ1v) is 12.3. The zero-order valence-electron chi connectivity index (χ0n) is 20.1. The van der Waals surface area contributed by atoms with E-state index in [4.69, 9.17) is 5.73 Å². The van der Waals surface area contributed by atoms with E-state index in [0.717, 1.165) is 38.0 Å². The van der Waals surface area contributed by atoms with Crippen molar-refractivity contribution in [3.63, 3.8) is 0 Å². The van der Waals surface area contributed by atoms with Gasteiger partial charge in [-0.1, -0.05) is 60.7 Å². The van der Waals surface area contributed by atoms with Crippen molar-refractivity contribution in [2.24, 2.45) is 5.92 Å². The molecule has 1 fully saturated rings. The van der Waals surface area contributed by atoms with Crippen molar-refractivity contribution < 1.29 is 9.59 Å². The number of nitrogens with zero attached hydrogens (tertiary/aromatic N) is 1. The van der Waals surface area contributed by atoms with Crippen LogP contribution in [0.3, 0.4) is 0 Å². The summed E-state index contributed by atoms with van der Waals surface area (Å²) >= 11 is 0. The lowest BCUT2D eigenvalue weighted by atomic mass is 9.96. The number of aryl methyl sites for hydroxylation is 1. The molecule has 6 nitrogen and oxygen atoms in total. The summed E-state index contributed by atoms with van der Waals surface area (Å²) in [4.78, 5) is 27.9. The van der Waals surface area contributed by atoms with Crippen LogP contribution in [0.4, 0.5) is 11.4 Å². The van der Waals surface area contributed by atoms with Gasteiger partial charge in [0.05, 0.1) is 11.4 Å².